The Morgan fingerprint density at radius 2 is 1.79 bits per heavy atom. The fourth-order valence-corrected chi connectivity index (χ4v) is 6.49. The third-order valence-corrected chi connectivity index (χ3v) is 6.26. The summed E-state index contributed by atoms with van der Waals surface area (Å²) in [6.45, 7) is 5.00. The molecule has 0 aromatic carbocycles. The summed E-state index contributed by atoms with van der Waals surface area (Å²) in [5.74, 6) is 2.07. The van der Waals surface area contributed by atoms with E-state index in [0.29, 0.717) is 15.6 Å². The Balaban J connectivity index is 1.84. The lowest BCUT2D eigenvalue weighted by Crippen LogP contribution is -2.57. The summed E-state index contributed by atoms with van der Waals surface area (Å²) in [4.78, 5) is 4.68. The molecule has 0 aliphatic heterocycles. The number of aromatic nitrogens is 3. The van der Waals surface area contributed by atoms with E-state index in [1.807, 2.05) is 11.7 Å². The van der Waals surface area contributed by atoms with Crippen LogP contribution in [0.15, 0.2) is 0 Å². The lowest BCUT2D eigenvalue weighted by atomic mass is 9.40. The summed E-state index contributed by atoms with van der Waals surface area (Å²) in [5, 5.41) is 3.44. The number of rotatable bonds is 1. The molecule has 0 radical (unpaired) electrons. The molecule has 1 aromatic rings. The molecule has 4 saturated carbocycles. The number of hydrogen-bond acceptors (Lipinski definition) is 2. The maximum atomic E-state index is 5.31. The SMILES string of the molecule is Cn1[nH]c(C23CC4CC(C)(CC(C)(C4)C2)C3)nc1=S. The Kier molecular flexibility index (Phi) is 2.12. The Labute approximate surface area is 119 Å². The van der Waals surface area contributed by atoms with Gasteiger partial charge in [0.1, 0.15) is 5.82 Å². The summed E-state index contributed by atoms with van der Waals surface area (Å²) in [5.41, 5.74) is 1.33. The van der Waals surface area contributed by atoms with E-state index in [0.717, 1.165) is 5.92 Å². The molecule has 4 aliphatic rings. The highest BCUT2D eigenvalue weighted by atomic mass is 32.1. The Morgan fingerprint density at radius 3 is 2.26 bits per heavy atom. The normalized spacial score (nSPS) is 47.8. The maximum Gasteiger partial charge on any atom is 0.215 e. The summed E-state index contributed by atoms with van der Waals surface area (Å²) in [7, 11) is 1.97. The zero-order valence-corrected chi connectivity index (χ0v) is 12.9. The van der Waals surface area contributed by atoms with Gasteiger partial charge in [0.25, 0.3) is 0 Å². The van der Waals surface area contributed by atoms with Crippen molar-refractivity contribution in [2.24, 2.45) is 23.8 Å². The van der Waals surface area contributed by atoms with E-state index in [4.69, 9.17) is 12.2 Å². The number of nitrogens with zero attached hydrogens (tertiary/aromatic N) is 2. The number of hydrogen-bond donors (Lipinski definition) is 1. The molecule has 0 amide bonds. The number of aryl methyl sites for hydroxylation is 1. The second-order valence-corrected chi connectivity index (χ2v) is 8.69. The van der Waals surface area contributed by atoms with E-state index in [9.17, 15) is 0 Å². The zero-order valence-electron chi connectivity index (χ0n) is 12.1. The highest BCUT2D eigenvalue weighted by molar-refractivity contribution is 7.71. The van der Waals surface area contributed by atoms with Crippen LogP contribution < -0.4 is 0 Å². The van der Waals surface area contributed by atoms with E-state index in [1.54, 1.807) is 0 Å². The van der Waals surface area contributed by atoms with Gasteiger partial charge < -0.3 is 0 Å². The van der Waals surface area contributed by atoms with Gasteiger partial charge in [0.15, 0.2) is 0 Å². The minimum Gasteiger partial charge on any atom is -0.283 e. The van der Waals surface area contributed by atoms with E-state index in [1.165, 1.54) is 44.3 Å². The van der Waals surface area contributed by atoms with Crippen LogP contribution in [0.1, 0.15) is 58.2 Å². The summed E-state index contributed by atoms with van der Waals surface area (Å²) < 4.78 is 2.59. The van der Waals surface area contributed by atoms with Gasteiger partial charge in [-0.3, -0.25) is 9.78 Å². The molecule has 5 rings (SSSR count). The fourth-order valence-electron chi connectivity index (χ4n) is 6.35. The molecule has 2 atom stereocenters. The van der Waals surface area contributed by atoms with Gasteiger partial charge in [-0.1, -0.05) is 13.8 Å². The first kappa shape index (κ1) is 12.1. The van der Waals surface area contributed by atoms with Gasteiger partial charge >= 0.3 is 0 Å². The third-order valence-electron chi connectivity index (χ3n) is 5.90. The van der Waals surface area contributed by atoms with Crippen molar-refractivity contribution in [2.75, 3.05) is 0 Å². The molecule has 3 nitrogen and oxygen atoms in total. The molecule has 4 bridgehead atoms. The van der Waals surface area contributed by atoms with E-state index in [-0.39, 0.29) is 5.41 Å². The Hall–Kier alpha value is -0.640. The molecule has 19 heavy (non-hydrogen) atoms. The van der Waals surface area contributed by atoms with Crippen LogP contribution in [-0.4, -0.2) is 14.8 Å². The molecule has 1 heterocycles. The second-order valence-electron chi connectivity index (χ2n) is 8.32. The van der Waals surface area contributed by atoms with Gasteiger partial charge in [-0.15, -0.1) is 0 Å². The molecule has 4 fully saturated rings. The van der Waals surface area contributed by atoms with Gasteiger partial charge in [-0.05, 0) is 67.5 Å². The molecular weight excluding hydrogens is 254 g/mol. The zero-order chi connectivity index (χ0) is 13.5. The highest BCUT2D eigenvalue weighted by Crippen LogP contribution is 2.69. The average Bonchev–Trinajstić information content (AvgIpc) is 2.54. The fraction of sp³-hybridized carbons (Fsp3) is 0.867. The standard InChI is InChI=1S/C15H23N3S/c1-13-4-10-5-14(2,7-13)9-15(6-10,8-13)11-16-12(19)18(3)17-11/h10H,4-9H2,1-3H3,(H,16,17,19). The van der Waals surface area contributed by atoms with Crippen molar-refractivity contribution in [1.29, 1.82) is 0 Å². The van der Waals surface area contributed by atoms with Crippen LogP contribution in [0.4, 0.5) is 0 Å². The first-order valence-electron chi connectivity index (χ1n) is 7.45. The largest absolute Gasteiger partial charge is 0.283 e. The average molecular weight is 277 g/mol. The highest BCUT2D eigenvalue weighted by Gasteiger charge is 2.61. The lowest BCUT2D eigenvalue weighted by molar-refractivity contribution is -0.112. The lowest BCUT2D eigenvalue weighted by Gasteiger charge is -2.64. The van der Waals surface area contributed by atoms with Gasteiger partial charge in [-0.2, -0.15) is 0 Å². The van der Waals surface area contributed by atoms with Crippen LogP contribution in [0.2, 0.25) is 0 Å². The van der Waals surface area contributed by atoms with E-state index < -0.39 is 0 Å². The van der Waals surface area contributed by atoms with Crippen LogP contribution >= 0.6 is 12.2 Å². The molecule has 1 aromatic heterocycles. The predicted octanol–water partition coefficient (Wildman–Crippen LogP) is 3.73. The molecule has 0 spiro atoms. The minimum absolute atomic E-state index is 0.276. The van der Waals surface area contributed by atoms with Crippen molar-refractivity contribution in [3.05, 3.63) is 10.6 Å². The number of aromatic amines is 1. The van der Waals surface area contributed by atoms with Crippen molar-refractivity contribution < 1.29 is 0 Å². The van der Waals surface area contributed by atoms with Crippen LogP contribution in [0, 0.1) is 21.5 Å². The smallest absolute Gasteiger partial charge is 0.215 e. The third kappa shape index (κ3) is 1.61. The first-order chi connectivity index (χ1) is 8.82. The quantitative estimate of drug-likeness (QED) is 0.794. The van der Waals surface area contributed by atoms with Gasteiger partial charge in [0.05, 0.1) is 0 Å². The van der Waals surface area contributed by atoms with Crippen LogP contribution in [0.25, 0.3) is 0 Å². The Bertz CT molecular complexity index is 581. The van der Waals surface area contributed by atoms with E-state index >= 15 is 0 Å². The minimum atomic E-state index is 0.276. The number of nitrogens with one attached hydrogen (secondary N) is 1. The van der Waals surface area contributed by atoms with E-state index in [2.05, 4.69) is 23.9 Å². The summed E-state index contributed by atoms with van der Waals surface area (Å²) >= 11 is 5.31. The van der Waals surface area contributed by atoms with Crippen LogP contribution in [0.5, 0.6) is 0 Å². The van der Waals surface area contributed by atoms with Crippen molar-refractivity contribution in [2.45, 2.75) is 57.8 Å². The van der Waals surface area contributed by atoms with Gasteiger partial charge in [0.2, 0.25) is 4.77 Å². The Morgan fingerprint density at radius 1 is 1.16 bits per heavy atom. The summed E-state index contributed by atoms with van der Waals surface area (Å²) in [6, 6.07) is 0. The van der Waals surface area contributed by atoms with Gasteiger partial charge in [-0.25, -0.2) is 4.98 Å². The van der Waals surface area contributed by atoms with Crippen LogP contribution in [0.3, 0.4) is 0 Å². The van der Waals surface area contributed by atoms with Crippen molar-refractivity contribution in [3.8, 4) is 0 Å². The molecule has 104 valence electrons. The molecule has 0 saturated heterocycles. The molecule has 4 aliphatic carbocycles. The molecular formula is C15H23N3S. The van der Waals surface area contributed by atoms with Crippen molar-refractivity contribution in [1.82, 2.24) is 14.8 Å². The topological polar surface area (TPSA) is 33.6 Å². The van der Waals surface area contributed by atoms with Gasteiger partial charge in [0, 0.05) is 12.5 Å². The predicted molar refractivity (Wildman–Crippen MR) is 77.5 cm³/mol. The first-order valence-corrected chi connectivity index (χ1v) is 7.86. The summed E-state index contributed by atoms with van der Waals surface area (Å²) in [6.07, 6.45) is 8.19. The van der Waals surface area contributed by atoms with Crippen molar-refractivity contribution in [3.63, 3.8) is 0 Å². The second kappa shape index (κ2) is 3.33. The molecule has 2 unspecified atom stereocenters. The maximum absolute atomic E-state index is 5.31. The van der Waals surface area contributed by atoms with Crippen molar-refractivity contribution >= 4 is 12.2 Å². The molecule has 4 heteroatoms. The number of H-pyrrole nitrogens is 1. The monoisotopic (exact) mass is 277 g/mol. The molecule has 1 N–H and O–H groups in total. The van der Waals surface area contributed by atoms with Crippen LogP contribution in [-0.2, 0) is 12.5 Å².